The number of carbonyl (C=O) groups excluding carboxylic acids is 1. The third kappa shape index (κ3) is 10.5. The molecule has 0 saturated carbocycles. The number of aromatic nitrogens is 2. The summed E-state index contributed by atoms with van der Waals surface area (Å²) in [7, 11) is 0. The summed E-state index contributed by atoms with van der Waals surface area (Å²) in [6.45, 7) is 5.69. The van der Waals surface area contributed by atoms with Crippen LogP contribution in [0, 0.1) is 13.8 Å². The second kappa shape index (κ2) is 17.6. The van der Waals surface area contributed by atoms with Crippen molar-refractivity contribution in [1.29, 1.82) is 0 Å². The zero-order valence-electron chi connectivity index (χ0n) is 25.6. The molecular weight excluding hydrogens is 584 g/mol. The summed E-state index contributed by atoms with van der Waals surface area (Å²) in [5.41, 5.74) is 10.9. The van der Waals surface area contributed by atoms with Crippen molar-refractivity contribution in [1.82, 2.24) is 20.7 Å². The first kappa shape index (κ1) is 33.2. The zero-order valence-corrected chi connectivity index (χ0v) is 26.4. The van der Waals surface area contributed by atoms with Crippen molar-refractivity contribution in [2.24, 2.45) is 16.7 Å². The van der Waals surface area contributed by atoms with Crippen LogP contribution in [-0.2, 0) is 12.2 Å². The van der Waals surface area contributed by atoms with Crippen LogP contribution in [0.1, 0.15) is 44.9 Å². The van der Waals surface area contributed by atoms with Gasteiger partial charge in [-0.05, 0) is 73.4 Å². The second-order valence-electron chi connectivity index (χ2n) is 10.2. The van der Waals surface area contributed by atoms with Crippen LogP contribution in [0.3, 0.4) is 0 Å². The molecule has 0 spiro atoms. The molecule has 0 atom stereocenters. The van der Waals surface area contributed by atoms with Crippen molar-refractivity contribution < 1.29 is 9.53 Å². The minimum absolute atomic E-state index is 0.214. The molecule has 2 heterocycles. The van der Waals surface area contributed by atoms with Crippen LogP contribution in [0.5, 0.6) is 5.75 Å². The predicted octanol–water partition coefficient (Wildman–Crippen LogP) is 4.99. The number of thioether (sulfide) groups is 1. The Morgan fingerprint density at radius 3 is 2.51 bits per heavy atom. The SMILES string of the molecule is Cc1cccc(C)c1SCc1ccc(OCCc2ccccc2)c(/C=C/C(=NCCCNC(=O)c2ccc(NN)nc2)NN)n1. The second-order valence-corrected chi connectivity index (χ2v) is 11.2. The number of nitrogens with two attached hydrogens (primary N) is 2. The highest BCUT2D eigenvalue weighted by atomic mass is 32.2. The van der Waals surface area contributed by atoms with Gasteiger partial charge in [0.25, 0.3) is 5.91 Å². The molecule has 7 N–H and O–H groups in total. The molecule has 45 heavy (non-hydrogen) atoms. The average Bonchev–Trinajstić information content (AvgIpc) is 3.07. The maximum absolute atomic E-state index is 12.3. The van der Waals surface area contributed by atoms with Gasteiger partial charge < -0.3 is 20.9 Å². The molecule has 11 heteroatoms. The minimum Gasteiger partial charge on any atom is -0.491 e. The first-order valence-corrected chi connectivity index (χ1v) is 15.7. The van der Waals surface area contributed by atoms with Gasteiger partial charge in [0.2, 0.25) is 0 Å². The van der Waals surface area contributed by atoms with Gasteiger partial charge in [-0.1, -0.05) is 48.5 Å². The van der Waals surface area contributed by atoms with Crippen LogP contribution in [0.4, 0.5) is 5.82 Å². The van der Waals surface area contributed by atoms with E-state index in [1.165, 1.54) is 27.8 Å². The molecule has 1 amide bonds. The monoisotopic (exact) mass is 624 g/mol. The van der Waals surface area contributed by atoms with E-state index in [4.69, 9.17) is 21.4 Å². The quantitative estimate of drug-likeness (QED) is 0.0308. The molecule has 4 aromatic rings. The van der Waals surface area contributed by atoms with Gasteiger partial charge in [-0.25, -0.2) is 21.7 Å². The van der Waals surface area contributed by atoms with Crippen LogP contribution in [0.25, 0.3) is 6.08 Å². The van der Waals surface area contributed by atoms with E-state index in [-0.39, 0.29) is 5.91 Å². The molecule has 0 unspecified atom stereocenters. The van der Waals surface area contributed by atoms with Crippen LogP contribution in [0.2, 0.25) is 0 Å². The van der Waals surface area contributed by atoms with Crippen molar-refractivity contribution in [2.45, 2.75) is 37.3 Å². The number of pyridine rings is 2. The molecule has 0 radical (unpaired) electrons. The lowest BCUT2D eigenvalue weighted by molar-refractivity contribution is 0.0953. The van der Waals surface area contributed by atoms with Gasteiger partial charge in [0.1, 0.15) is 23.1 Å². The number of nitrogens with zero attached hydrogens (tertiary/aromatic N) is 3. The van der Waals surface area contributed by atoms with Crippen molar-refractivity contribution in [2.75, 3.05) is 25.1 Å². The highest BCUT2D eigenvalue weighted by Crippen LogP contribution is 2.30. The number of nitrogens with one attached hydrogen (secondary N) is 3. The third-order valence-corrected chi connectivity index (χ3v) is 8.20. The van der Waals surface area contributed by atoms with E-state index in [2.05, 4.69) is 70.3 Å². The minimum atomic E-state index is -0.214. The first-order valence-electron chi connectivity index (χ1n) is 14.7. The van der Waals surface area contributed by atoms with Crippen LogP contribution < -0.4 is 32.6 Å². The number of hydrazine groups is 2. The topological polar surface area (TPSA) is 153 Å². The summed E-state index contributed by atoms with van der Waals surface area (Å²) in [6, 6.07) is 23.9. The van der Waals surface area contributed by atoms with Gasteiger partial charge in [-0.3, -0.25) is 9.79 Å². The van der Waals surface area contributed by atoms with Crippen molar-refractivity contribution in [3.8, 4) is 5.75 Å². The number of ether oxygens (including phenoxy) is 1. The highest BCUT2D eigenvalue weighted by Gasteiger charge is 2.09. The summed E-state index contributed by atoms with van der Waals surface area (Å²) in [6.07, 6.45) is 6.52. The summed E-state index contributed by atoms with van der Waals surface area (Å²) < 4.78 is 6.18. The molecule has 0 aliphatic carbocycles. The van der Waals surface area contributed by atoms with E-state index in [1.54, 1.807) is 30.0 Å². The van der Waals surface area contributed by atoms with Crippen molar-refractivity contribution in [3.63, 3.8) is 0 Å². The number of hydrogen-bond donors (Lipinski definition) is 5. The molecule has 0 fully saturated rings. The number of nitrogen functional groups attached to an aromatic ring is 1. The normalized spacial score (nSPS) is 11.4. The lowest BCUT2D eigenvalue weighted by Gasteiger charge is -2.12. The number of aryl methyl sites for hydroxylation is 2. The third-order valence-electron chi connectivity index (χ3n) is 6.83. The molecule has 234 valence electrons. The Balaban J connectivity index is 1.39. The maximum Gasteiger partial charge on any atom is 0.252 e. The van der Waals surface area contributed by atoms with Gasteiger partial charge in [0.15, 0.2) is 0 Å². The summed E-state index contributed by atoms with van der Waals surface area (Å²) in [5, 5.41) is 2.86. The Morgan fingerprint density at radius 1 is 1.00 bits per heavy atom. The molecule has 0 aliphatic rings. The summed E-state index contributed by atoms with van der Waals surface area (Å²) >= 11 is 1.78. The molecular formula is C34H40N8O2S. The number of carbonyl (C=O) groups is 1. The van der Waals surface area contributed by atoms with E-state index in [9.17, 15) is 4.79 Å². The lowest BCUT2D eigenvalue weighted by Crippen LogP contribution is -2.29. The molecule has 0 bridgehead atoms. The van der Waals surface area contributed by atoms with Crippen molar-refractivity contribution in [3.05, 3.63) is 119 Å². The van der Waals surface area contributed by atoms with Gasteiger partial charge in [-0.2, -0.15) is 0 Å². The zero-order chi connectivity index (χ0) is 31.9. The number of benzene rings is 2. The molecule has 10 nitrogen and oxygen atoms in total. The number of rotatable bonds is 15. The predicted molar refractivity (Wildman–Crippen MR) is 183 cm³/mol. The number of anilines is 1. The standard InChI is InChI=1S/C34H40N8O2S/c1-24-8-6-9-25(2)33(24)45-23-28-13-15-30(44-21-18-26-10-4-3-5-11-26)29(40-28)14-17-31(41-35)37-19-7-20-38-34(43)27-12-16-32(42-36)39-22-27/h3-6,8-17,22H,7,18-21,23,35-36H2,1-2H3,(H,37,41)(H,38,43)(H,39,42)/b17-14+. The average molecular weight is 625 g/mol. The van der Waals surface area contributed by atoms with E-state index in [1.807, 2.05) is 36.4 Å². The number of amides is 1. The lowest BCUT2D eigenvalue weighted by atomic mass is 10.2. The van der Waals surface area contributed by atoms with Gasteiger partial charge in [-0.15, -0.1) is 11.8 Å². The Bertz CT molecular complexity index is 1570. The summed E-state index contributed by atoms with van der Waals surface area (Å²) in [4.78, 5) is 27.1. The number of amidine groups is 1. The Hall–Kier alpha value is -4.71. The fourth-order valence-corrected chi connectivity index (χ4v) is 5.47. The van der Waals surface area contributed by atoms with E-state index < -0.39 is 0 Å². The molecule has 2 aromatic carbocycles. The van der Waals surface area contributed by atoms with Crippen LogP contribution >= 0.6 is 11.8 Å². The molecule has 0 aliphatic heterocycles. The number of aliphatic imine (C=N–C) groups is 1. The van der Waals surface area contributed by atoms with Gasteiger partial charge in [0.05, 0.1) is 17.9 Å². The van der Waals surface area contributed by atoms with Gasteiger partial charge in [0, 0.05) is 36.4 Å². The Kier molecular flexibility index (Phi) is 12.9. The Morgan fingerprint density at radius 2 is 1.80 bits per heavy atom. The molecule has 0 saturated heterocycles. The highest BCUT2D eigenvalue weighted by molar-refractivity contribution is 7.98. The van der Waals surface area contributed by atoms with Crippen LogP contribution in [-0.4, -0.2) is 41.4 Å². The van der Waals surface area contributed by atoms with Gasteiger partial charge >= 0.3 is 0 Å². The van der Waals surface area contributed by atoms with Crippen molar-refractivity contribution >= 4 is 35.4 Å². The smallest absolute Gasteiger partial charge is 0.252 e. The molecule has 4 rings (SSSR count). The molecule has 2 aromatic heterocycles. The first-order chi connectivity index (χ1) is 22.0. The van der Waals surface area contributed by atoms with E-state index >= 15 is 0 Å². The summed E-state index contributed by atoms with van der Waals surface area (Å²) in [5.74, 6) is 13.3. The largest absolute Gasteiger partial charge is 0.491 e. The maximum atomic E-state index is 12.3. The van der Waals surface area contributed by atoms with E-state index in [0.29, 0.717) is 54.8 Å². The fraction of sp³-hybridized carbons (Fsp3) is 0.235. The number of hydrogen-bond acceptors (Lipinski definition) is 9. The Labute approximate surface area is 268 Å². The van der Waals surface area contributed by atoms with E-state index in [0.717, 1.165) is 17.9 Å². The van der Waals surface area contributed by atoms with Crippen LogP contribution in [0.15, 0.2) is 95.0 Å². The fourth-order valence-electron chi connectivity index (χ4n) is 4.42.